The fourth-order valence-corrected chi connectivity index (χ4v) is 1.47. The lowest BCUT2D eigenvalue weighted by atomic mass is 10.5. The van der Waals surface area contributed by atoms with Gasteiger partial charge in [0.1, 0.15) is 11.9 Å². The number of hydrogen-bond acceptors (Lipinski definition) is 3. The molecule has 0 aliphatic rings. The molecule has 90 valence electrons. The number of imidazole rings is 1. The quantitative estimate of drug-likeness (QED) is 0.885. The maximum atomic E-state index is 11.6. The van der Waals surface area contributed by atoms with E-state index in [0.29, 0.717) is 13.2 Å². The van der Waals surface area contributed by atoms with Crippen molar-refractivity contribution in [1.29, 1.82) is 0 Å². The highest BCUT2D eigenvalue weighted by molar-refractivity contribution is 6.40. The Kier molecular flexibility index (Phi) is 5.05. The fourth-order valence-electron chi connectivity index (χ4n) is 1.12. The number of amides is 1. The van der Waals surface area contributed by atoms with E-state index in [1.54, 1.807) is 0 Å². The van der Waals surface area contributed by atoms with Crippen molar-refractivity contribution in [3.8, 4) is 0 Å². The van der Waals surface area contributed by atoms with Crippen molar-refractivity contribution in [3.63, 3.8) is 0 Å². The topological polar surface area (TPSA) is 56.2 Å². The molecule has 1 heterocycles. The highest BCUT2D eigenvalue weighted by Crippen LogP contribution is 2.22. The van der Waals surface area contributed by atoms with E-state index in [1.807, 2.05) is 13.8 Å². The van der Waals surface area contributed by atoms with E-state index in [-0.39, 0.29) is 28.8 Å². The molecule has 0 saturated heterocycles. The lowest BCUT2D eigenvalue weighted by molar-refractivity contribution is 0.0790. The molecule has 0 spiro atoms. The smallest absolute Gasteiger partial charge is 0.287 e. The molecular weight excluding hydrogens is 253 g/mol. The molecule has 0 aromatic carbocycles. The third-order valence-electron chi connectivity index (χ3n) is 1.83. The summed E-state index contributed by atoms with van der Waals surface area (Å²) in [7, 11) is 0. The highest BCUT2D eigenvalue weighted by atomic mass is 35.5. The monoisotopic (exact) mass is 265 g/mol. The Bertz CT molecular complexity index is 379. The van der Waals surface area contributed by atoms with Crippen LogP contribution in [-0.2, 0) is 11.5 Å². The van der Waals surface area contributed by atoms with Crippen molar-refractivity contribution >= 4 is 29.1 Å². The Balaban J connectivity index is 2.98. The first kappa shape index (κ1) is 13.3. The fraction of sp³-hybridized carbons (Fsp3) is 0.556. The Morgan fingerprint density at radius 3 is 2.75 bits per heavy atom. The molecule has 1 N–H and O–H groups in total. The zero-order chi connectivity index (χ0) is 12.1. The third kappa shape index (κ3) is 2.87. The molecule has 16 heavy (non-hydrogen) atoms. The van der Waals surface area contributed by atoms with Gasteiger partial charge in [0.2, 0.25) is 5.82 Å². The lowest BCUT2D eigenvalue weighted by Gasteiger charge is -2.08. The minimum Gasteiger partial charge on any atom is -0.361 e. The van der Waals surface area contributed by atoms with Gasteiger partial charge in [0.15, 0.2) is 5.15 Å². The molecule has 1 aromatic rings. The van der Waals surface area contributed by atoms with Crippen LogP contribution in [0.4, 0.5) is 0 Å². The average Bonchev–Trinajstić information content (AvgIpc) is 2.54. The van der Waals surface area contributed by atoms with Gasteiger partial charge >= 0.3 is 0 Å². The molecule has 0 unspecified atom stereocenters. The highest BCUT2D eigenvalue weighted by Gasteiger charge is 2.19. The maximum Gasteiger partial charge on any atom is 0.287 e. The molecular formula is C9H13Cl2N3O2. The summed E-state index contributed by atoms with van der Waals surface area (Å²) in [6, 6.07) is 0. The van der Waals surface area contributed by atoms with Crippen molar-refractivity contribution in [2.24, 2.45) is 0 Å². The van der Waals surface area contributed by atoms with Gasteiger partial charge in [0.05, 0.1) is 0 Å². The van der Waals surface area contributed by atoms with Crippen molar-refractivity contribution in [1.82, 2.24) is 14.9 Å². The van der Waals surface area contributed by atoms with Crippen LogP contribution < -0.4 is 5.32 Å². The van der Waals surface area contributed by atoms with Gasteiger partial charge in [0, 0.05) is 13.2 Å². The van der Waals surface area contributed by atoms with Gasteiger partial charge in [-0.1, -0.05) is 23.2 Å². The molecule has 1 amide bonds. The van der Waals surface area contributed by atoms with E-state index < -0.39 is 0 Å². The van der Waals surface area contributed by atoms with Crippen LogP contribution in [0.15, 0.2) is 0 Å². The molecule has 1 aromatic heterocycles. The lowest BCUT2D eigenvalue weighted by Crippen LogP contribution is -2.26. The normalized spacial score (nSPS) is 10.5. The van der Waals surface area contributed by atoms with Gasteiger partial charge in [-0.05, 0) is 13.8 Å². The first-order chi connectivity index (χ1) is 7.61. The maximum absolute atomic E-state index is 11.6. The molecule has 0 aliphatic carbocycles. The number of carbonyl (C=O) groups is 1. The number of aromatic nitrogens is 2. The molecule has 0 radical (unpaired) electrons. The minimum atomic E-state index is -0.323. The second-order valence-corrected chi connectivity index (χ2v) is 3.64. The van der Waals surface area contributed by atoms with Gasteiger partial charge < -0.3 is 10.1 Å². The van der Waals surface area contributed by atoms with E-state index in [4.69, 9.17) is 27.9 Å². The Hall–Kier alpha value is -0.780. The Morgan fingerprint density at radius 2 is 2.19 bits per heavy atom. The summed E-state index contributed by atoms with van der Waals surface area (Å²) in [5.41, 5.74) is 0. The van der Waals surface area contributed by atoms with Crippen LogP contribution in [0.25, 0.3) is 0 Å². The summed E-state index contributed by atoms with van der Waals surface area (Å²) in [6.07, 6.45) is 0. The van der Waals surface area contributed by atoms with Gasteiger partial charge in [-0.25, -0.2) is 4.98 Å². The minimum absolute atomic E-state index is 0.0997. The zero-order valence-electron chi connectivity index (χ0n) is 9.09. The largest absolute Gasteiger partial charge is 0.361 e. The summed E-state index contributed by atoms with van der Waals surface area (Å²) >= 11 is 11.7. The molecule has 0 fully saturated rings. The standard InChI is InChI=1S/C9H13Cl2N3O2/c1-3-12-9(15)8-13-6(10)7(11)14(8)5-16-4-2/h3-5H2,1-2H3,(H,12,15). The zero-order valence-corrected chi connectivity index (χ0v) is 10.6. The van der Waals surface area contributed by atoms with E-state index >= 15 is 0 Å². The van der Waals surface area contributed by atoms with E-state index in [1.165, 1.54) is 4.57 Å². The number of hydrogen-bond donors (Lipinski definition) is 1. The number of halogens is 2. The molecule has 7 heteroatoms. The third-order valence-corrected chi connectivity index (χ3v) is 2.58. The summed E-state index contributed by atoms with van der Waals surface area (Å²) in [5, 5.41) is 2.93. The van der Waals surface area contributed by atoms with Crippen LogP contribution in [0.2, 0.25) is 10.3 Å². The second-order valence-electron chi connectivity index (χ2n) is 2.93. The number of carbonyl (C=O) groups excluding carboxylic acids is 1. The van der Waals surface area contributed by atoms with E-state index in [9.17, 15) is 4.79 Å². The van der Waals surface area contributed by atoms with Gasteiger partial charge in [-0.3, -0.25) is 9.36 Å². The van der Waals surface area contributed by atoms with E-state index in [2.05, 4.69) is 10.3 Å². The molecule has 1 rings (SSSR count). The van der Waals surface area contributed by atoms with Crippen LogP contribution >= 0.6 is 23.2 Å². The molecule has 5 nitrogen and oxygen atoms in total. The van der Waals surface area contributed by atoms with Crippen LogP contribution in [0.5, 0.6) is 0 Å². The predicted molar refractivity (Wildman–Crippen MR) is 61.9 cm³/mol. The van der Waals surface area contributed by atoms with Crippen LogP contribution in [0, 0.1) is 0 Å². The van der Waals surface area contributed by atoms with Gasteiger partial charge in [-0.15, -0.1) is 0 Å². The number of ether oxygens (including phenoxy) is 1. The summed E-state index contributed by atoms with van der Waals surface area (Å²) in [5.74, 6) is -0.165. The molecule has 0 aliphatic heterocycles. The number of nitrogens with zero attached hydrogens (tertiary/aromatic N) is 2. The van der Waals surface area contributed by atoms with Crippen molar-refractivity contribution in [2.45, 2.75) is 20.6 Å². The van der Waals surface area contributed by atoms with E-state index in [0.717, 1.165) is 0 Å². The van der Waals surface area contributed by atoms with Crippen LogP contribution in [0.3, 0.4) is 0 Å². The van der Waals surface area contributed by atoms with Crippen molar-refractivity contribution < 1.29 is 9.53 Å². The number of nitrogens with one attached hydrogen (secondary N) is 1. The van der Waals surface area contributed by atoms with Crippen LogP contribution in [0.1, 0.15) is 24.5 Å². The first-order valence-electron chi connectivity index (χ1n) is 4.89. The number of rotatable bonds is 5. The van der Waals surface area contributed by atoms with Gasteiger partial charge in [0.25, 0.3) is 5.91 Å². The van der Waals surface area contributed by atoms with Crippen molar-refractivity contribution in [2.75, 3.05) is 13.2 Å². The SMILES string of the molecule is CCNC(=O)c1nc(Cl)c(Cl)n1COCC. The average molecular weight is 266 g/mol. The van der Waals surface area contributed by atoms with Crippen molar-refractivity contribution in [3.05, 3.63) is 16.1 Å². The van der Waals surface area contributed by atoms with Crippen LogP contribution in [-0.4, -0.2) is 28.6 Å². The summed E-state index contributed by atoms with van der Waals surface area (Å²) in [6.45, 7) is 4.84. The second kappa shape index (κ2) is 6.08. The first-order valence-corrected chi connectivity index (χ1v) is 5.64. The summed E-state index contributed by atoms with van der Waals surface area (Å²) in [4.78, 5) is 15.5. The predicted octanol–water partition coefficient (Wildman–Crippen LogP) is 1.93. The van der Waals surface area contributed by atoms with Gasteiger partial charge in [-0.2, -0.15) is 0 Å². The summed E-state index contributed by atoms with van der Waals surface area (Å²) < 4.78 is 6.61. The molecule has 0 saturated carbocycles. The molecule has 0 bridgehead atoms. The molecule has 0 atom stereocenters. The Morgan fingerprint density at radius 1 is 1.50 bits per heavy atom. The Labute approximate surface area is 104 Å².